The van der Waals surface area contributed by atoms with Crippen molar-refractivity contribution in [2.45, 2.75) is 26.4 Å². The van der Waals surface area contributed by atoms with Gasteiger partial charge < -0.3 is 10.3 Å². The summed E-state index contributed by atoms with van der Waals surface area (Å²) < 4.78 is 4.09. The van der Waals surface area contributed by atoms with Crippen LogP contribution in [0, 0.1) is 0 Å². The highest BCUT2D eigenvalue weighted by Gasteiger charge is 2.10. The van der Waals surface area contributed by atoms with Crippen LogP contribution in [0.2, 0.25) is 0 Å². The molecule has 0 aliphatic rings. The fourth-order valence-corrected chi connectivity index (χ4v) is 2.72. The largest absolute Gasteiger partial charge is 0.389 e. The summed E-state index contributed by atoms with van der Waals surface area (Å²) in [5, 5.41) is 5.34. The minimum Gasteiger partial charge on any atom is -0.389 e. The van der Waals surface area contributed by atoms with Gasteiger partial charge in [0.25, 0.3) is 0 Å². The molecule has 0 fully saturated rings. The van der Waals surface area contributed by atoms with E-state index >= 15 is 0 Å². The Morgan fingerprint density at radius 2 is 2.19 bits per heavy atom. The molecule has 2 aromatic heterocycles. The van der Waals surface area contributed by atoms with E-state index < -0.39 is 0 Å². The maximum Gasteiger partial charge on any atom is 0.146 e. The number of nitrogens with two attached hydrogens (primary N) is 1. The van der Waals surface area contributed by atoms with Crippen molar-refractivity contribution in [1.29, 1.82) is 0 Å². The molecule has 0 saturated carbocycles. The van der Waals surface area contributed by atoms with Crippen LogP contribution < -0.4 is 5.73 Å². The number of benzene rings is 1. The summed E-state index contributed by atoms with van der Waals surface area (Å²) in [4.78, 5) is 4.78. The van der Waals surface area contributed by atoms with E-state index in [1.54, 1.807) is 6.33 Å². The third kappa shape index (κ3) is 2.54. The lowest BCUT2D eigenvalue weighted by atomic mass is 10.1. The number of rotatable bonds is 5. The van der Waals surface area contributed by atoms with Crippen molar-refractivity contribution < 1.29 is 0 Å². The predicted molar refractivity (Wildman–Crippen MR) is 87.2 cm³/mol. The Morgan fingerprint density at radius 3 is 2.95 bits per heavy atom. The van der Waals surface area contributed by atoms with Gasteiger partial charge in [0.2, 0.25) is 0 Å². The summed E-state index contributed by atoms with van der Waals surface area (Å²) >= 11 is 5.11. The molecule has 5 nitrogen and oxygen atoms in total. The first kappa shape index (κ1) is 13.8. The molecular weight excluding hydrogens is 282 g/mol. The van der Waals surface area contributed by atoms with Crippen LogP contribution in [-0.2, 0) is 13.1 Å². The number of aryl methyl sites for hydroxylation is 1. The van der Waals surface area contributed by atoms with Gasteiger partial charge in [-0.05, 0) is 18.6 Å². The van der Waals surface area contributed by atoms with E-state index in [0.29, 0.717) is 11.5 Å². The molecule has 2 N–H and O–H groups in total. The molecule has 0 unspecified atom stereocenters. The lowest BCUT2D eigenvalue weighted by Gasteiger charge is -2.08. The zero-order chi connectivity index (χ0) is 14.8. The van der Waals surface area contributed by atoms with Crippen molar-refractivity contribution in [3.8, 4) is 0 Å². The lowest BCUT2D eigenvalue weighted by Crippen LogP contribution is -2.11. The Balaban J connectivity index is 2.00. The molecule has 2 heterocycles. The van der Waals surface area contributed by atoms with Gasteiger partial charge in [-0.15, -0.1) is 0 Å². The molecule has 0 amide bonds. The Hall–Kier alpha value is -2.21. The highest BCUT2D eigenvalue weighted by Crippen LogP contribution is 2.21. The fourth-order valence-electron chi connectivity index (χ4n) is 2.54. The monoisotopic (exact) mass is 299 g/mol. The van der Waals surface area contributed by atoms with Crippen LogP contribution >= 0.6 is 12.2 Å². The fraction of sp³-hybridized carbons (Fsp3) is 0.267. The molecule has 0 saturated heterocycles. The van der Waals surface area contributed by atoms with Crippen molar-refractivity contribution >= 4 is 28.1 Å². The van der Waals surface area contributed by atoms with Crippen molar-refractivity contribution in [2.75, 3.05) is 0 Å². The molecule has 21 heavy (non-hydrogen) atoms. The third-order valence-electron chi connectivity index (χ3n) is 3.52. The number of thiocarbonyl (C=S) groups is 1. The van der Waals surface area contributed by atoms with Crippen LogP contribution in [0.3, 0.4) is 0 Å². The molecule has 0 bridgehead atoms. The molecule has 0 spiro atoms. The van der Waals surface area contributed by atoms with Crippen molar-refractivity contribution in [3.05, 3.63) is 48.2 Å². The quantitative estimate of drug-likeness (QED) is 0.735. The van der Waals surface area contributed by atoms with E-state index in [0.717, 1.165) is 35.3 Å². The maximum atomic E-state index is 5.78. The van der Waals surface area contributed by atoms with Gasteiger partial charge in [-0.3, -0.25) is 0 Å². The summed E-state index contributed by atoms with van der Waals surface area (Å²) in [6, 6.07) is 8.04. The Labute approximate surface area is 128 Å². The van der Waals surface area contributed by atoms with E-state index in [9.17, 15) is 0 Å². The zero-order valence-electron chi connectivity index (χ0n) is 11.9. The summed E-state index contributed by atoms with van der Waals surface area (Å²) in [5.74, 6) is 0.954. The van der Waals surface area contributed by atoms with Crippen molar-refractivity contribution in [3.63, 3.8) is 0 Å². The summed E-state index contributed by atoms with van der Waals surface area (Å²) in [7, 11) is 0. The number of hydrogen-bond acceptors (Lipinski definition) is 3. The van der Waals surface area contributed by atoms with Crippen LogP contribution in [0.4, 0.5) is 0 Å². The second kappa shape index (κ2) is 5.65. The molecule has 0 radical (unpaired) electrons. The number of aromatic nitrogens is 4. The van der Waals surface area contributed by atoms with Gasteiger partial charge in [0.15, 0.2) is 0 Å². The van der Waals surface area contributed by atoms with E-state index in [-0.39, 0.29) is 0 Å². The lowest BCUT2D eigenvalue weighted by molar-refractivity contribution is 0.557. The van der Waals surface area contributed by atoms with Gasteiger partial charge in [0.1, 0.15) is 17.1 Å². The average Bonchev–Trinajstić information content (AvgIpc) is 3.07. The molecule has 0 aliphatic heterocycles. The van der Waals surface area contributed by atoms with Gasteiger partial charge >= 0.3 is 0 Å². The standard InChI is InChI=1S/C15H17N5S/c1-2-7-20-14(17-10-18-20)9-19-8-6-11-12(15(16)21)4-3-5-13(11)19/h3-6,8,10H,2,7,9H2,1H3,(H2,16,21). The SMILES string of the molecule is CCCn1ncnc1Cn1ccc2c(C(N)=S)cccc21. The van der Waals surface area contributed by atoms with Crippen LogP contribution in [0.15, 0.2) is 36.8 Å². The van der Waals surface area contributed by atoms with Crippen LogP contribution in [0.5, 0.6) is 0 Å². The topological polar surface area (TPSA) is 61.7 Å². The number of hydrogen-bond donors (Lipinski definition) is 1. The van der Waals surface area contributed by atoms with Gasteiger partial charge in [0, 0.05) is 29.2 Å². The van der Waals surface area contributed by atoms with Gasteiger partial charge in [0.05, 0.1) is 6.54 Å². The van der Waals surface area contributed by atoms with Gasteiger partial charge in [-0.2, -0.15) is 5.10 Å². The number of nitrogens with zero attached hydrogens (tertiary/aromatic N) is 4. The predicted octanol–water partition coefficient (Wildman–Crippen LogP) is 2.33. The zero-order valence-corrected chi connectivity index (χ0v) is 12.7. The second-order valence-electron chi connectivity index (χ2n) is 4.95. The van der Waals surface area contributed by atoms with Crippen molar-refractivity contribution in [2.24, 2.45) is 5.73 Å². The highest BCUT2D eigenvalue weighted by atomic mass is 32.1. The molecule has 0 atom stereocenters. The third-order valence-corrected chi connectivity index (χ3v) is 3.74. The minimum atomic E-state index is 0.424. The summed E-state index contributed by atoms with van der Waals surface area (Å²) in [6.45, 7) is 3.70. The molecule has 6 heteroatoms. The highest BCUT2D eigenvalue weighted by molar-refractivity contribution is 7.80. The maximum absolute atomic E-state index is 5.78. The first-order chi connectivity index (χ1) is 10.2. The van der Waals surface area contributed by atoms with Gasteiger partial charge in [-0.25, -0.2) is 9.67 Å². The first-order valence-corrected chi connectivity index (χ1v) is 7.36. The van der Waals surface area contributed by atoms with E-state index in [1.165, 1.54) is 0 Å². The van der Waals surface area contributed by atoms with Crippen LogP contribution in [0.25, 0.3) is 10.9 Å². The Bertz CT molecular complexity index is 786. The van der Waals surface area contributed by atoms with Crippen LogP contribution in [0.1, 0.15) is 24.7 Å². The van der Waals surface area contributed by atoms with Gasteiger partial charge in [-0.1, -0.05) is 31.3 Å². The Morgan fingerprint density at radius 1 is 1.33 bits per heavy atom. The normalized spacial score (nSPS) is 11.1. The van der Waals surface area contributed by atoms with Crippen LogP contribution in [-0.4, -0.2) is 24.3 Å². The summed E-state index contributed by atoms with van der Waals surface area (Å²) in [6.07, 6.45) is 4.68. The Kier molecular flexibility index (Phi) is 3.70. The average molecular weight is 299 g/mol. The van der Waals surface area contributed by atoms with E-state index in [1.807, 2.05) is 29.1 Å². The molecule has 3 aromatic rings. The molecule has 108 valence electrons. The second-order valence-corrected chi connectivity index (χ2v) is 5.39. The number of fused-ring (bicyclic) bond motifs is 1. The molecule has 3 rings (SSSR count). The smallest absolute Gasteiger partial charge is 0.146 e. The molecular formula is C15H17N5S. The minimum absolute atomic E-state index is 0.424. The molecule has 0 aliphatic carbocycles. The van der Waals surface area contributed by atoms with Crippen molar-refractivity contribution in [1.82, 2.24) is 19.3 Å². The van der Waals surface area contributed by atoms with E-state index in [4.69, 9.17) is 18.0 Å². The summed E-state index contributed by atoms with van der Waals surface area (Å²) in [5.41, 5.74) is 7.80. The molecule has 1 aromatic carbocycles. The van der Waals surface area contributed by atoms with E-state index in [2.05, 4.69) is 27.6 Å². The first-order valence-electron chi connectivity index (χ1n) is 6.95.